The number of aryl methyl sites for hydroxylation is 2. The highest BCUT2D eigenvalue weighted by Crippen LogP contribution is 2.29. The summed E-state index contributed by atoms with van der Waals surface area (Å²) >= 11 is 3.50. The molecule has 148 valence electrons. The zero-order valence-corrected chi connectivity index (χ0v) is 18.2. The van der Waals surface area contributed by atoms with Gasteiger partial charge in [-0.25, -0.2) is 4.98 Å². The molecule has 0 bridgehead atoms. The van der Waals surface area contributed by atoms with Crippen LogP contribution in [0, 0.1) is 13.8 Å². The second kappa shape index (κ2) is 10.5. The first-order valence-electron chi connectivity index (χ1n) is 9.25. The molecule has 0 radical (unpaired) electrons. The number of hydrogen-bond acceptors (Lipinski definition) is 6. The third-order valence-electron chi connectivity index (χ3n) is 4.17. The Hall–Kier alpha value is -2.02. The highest BCUT2D eigenvalue weighted by molar-refractivity contribution is 7.99. The van der Waals surface area contributed by atoms with E-state index in [-0.39, 0.29) is 0 Å². The third kappa shape index (κ3) is 6.26. The van der Waals surface area contributed by atoms with Crippen LogP contribution in [-0.2, 0) is 13.2 Å². The molecule has 2 aromatic carbocycles. The van der Waals surface area contributed by atoms with E-state index in [1.807, 2.05) is 36.2 Å². The monoisotopic (exact) mass is 414 g/mol. The van der Waals surface area contributed by atoms with Crippen molar-refractivity contribution in [2.45, 2.75) is 31.9 Å². The summed E-state index contributed by atoms with van der Waals surface area (Å²) in [5, 5.41) is 6.56. The molecule has 0 aliphatic carbocycles. The van der Waals surface area contributed by atoms with Gasteiger partial charge < -0.3 is 14.8 Å². The first-order chi connectivity index (χ1) is 13.6. The van der Waals surface area contributed by atoms with Gasteiger partial charge in [0.1, 0.15) is 6.61 Å². The van der Waals surface area contributed by atoms with Crippen LogP contribution in [0.5, 0.6) is 11.5 Å². The minimum absolute atomic E-state index is 0.453. The molecular formula is C22H26N2O2S2. The van der Waals surface area contributed by atoms with Crippen molar-refractivity contribution >= 4 is 23.1 Å². The molecule has 28 heavy (non-hydrogen) atoms. The van der Waals surface area contributed by atoms with Crippen LogP contribution in [0.4, 0.5) is 0 Å². The molecule has 0 aliphatic heterocycles. The molecule has 1 aromatic heterocycles. The molecule has 0 fully saturated rings. The number of thioether (sulfide) groups is 1. The van der Waals surface area contributed by atoms with E-state index >= 15 is 0 Å². The summed E-state index contributed by atoms with van der Waals surface area (Å²) in [6.45, 7) is 6.31. The summed E-state index contributed by atoms with van der Waals surface area (Å²) in [6, 6.07) is 14.7. The molecule has 0 amide bonds. The maximum atomic E-state index is 5.88. The van der Waals surface area contributed by atoms with Crippen LogP contribution >= 0.6 is 23.1 Å². The highest BCUT2D eigenvalue weighted by Gasteiger charge is 2.07. The van der Waals surface area contributed by atoms with Gasteiger partial charge in [-0.3, -0.25) is 0 Å². The summed E-state index contributed by atoms with van der Waals surface area (Å²) in [7, 11) is 1.67. The van der Waals surface area contributed by atoms with Crippen molar-refractivity contribution in [2.24, 2.45) is 0 Å². The number of rotatable bonds is 10. The van der Waals surface area contributed by atoms with E-state index in [0.29, 0.717) is 6.61 Å². The van der Waals surface area contributed by atoms with Crippen molar-refractivity contribution < 1.29 is 9.47 Å². The van der Waals surface area contributed by atoms with Crippen molar-refractivity contribution in [1.82, 2.24) is 10.3 Å². The van der Waals surface area contributed by atoms with Crippen molar-refractivity contribution in [3.8, 4) is 11.5 Å². The zero-order chi connectivity index (χ0) is 19.8. The number of methoxy groups -OCH3 is 1. The fraction of sp³-hybridized carbons (Fsp3) is 0.318. The van der Waals surface area contributed by atoms with Gasteiger partial charge in [0, 0.05) is 29.1 Å². The average molecular weight is 415 g/mol. The van der Waals surface area contributed by atoms with Gasteiger partial charge >= 0.3 is 0 Å². The fourth-order valence-corrected chi connectivity index (χ4v) is 4.08. The van der Waals surface area contributed by atoms with E-state index < -0.39 is 0 Å². The Kier molecular flexibility index (Phi) is 7.77. The molecule has 3 aromatic rings. The largest absolute Gasteiger partial charge is 0.493 e. The van der Waals surface area contributed by atoms with Gasteiger partial charge in [0.15, 0.2) is 11.5 Å². The lowest BCUT2D eigenvalue weighted by Gasteiger charge is -2.12. The Labute approximate surface area is 175 Å². The minimum Gasteiger partial charge on any atom is -0.493 e. The van der Waals surface area contributed by atoms with E-state index in [0.717, 1.165) is 41.0 Å². The van der Waals surface area contributed by atoms with Gasteiger partial charge in [0.2, 0.25) is 0 Å². The topological polar surface area (TPSA) is 43.4 Å². The molecule has 0 atom stereocenters. The van der Waals surface area contributed by atoms with Crippen LogP contribution < -0.4 is 14.8 Å². The Bertz CT molecular complexity index is 878. The van der Waals surface area contributed by atoms with Crippen LogP contribution in [0.15, 0.2) is 52.7 Å². The number of aromatic nitrogens is 1. The summed E-state index contributed by atoms with van der Waals surface area (Å²) in [4.78, 5) is 5.73. The lowest BCUT2D eigenvalue weighted by Crippen LogP contribution is -2.16. The van der Waals surface area contributed by atoms with E-state index in [2.05, 4.69) is 47.6 Å². The van der Waals surface area contributed by atoms with Crippen LogP contribution in [0.25, 0.3) is 0 Å². The summed E-state index contributed by atoms with van der Waals surface area (Å²) in [6.07, 6.45) is 0. The molecule has 1 N–H and O–H groups in total. The molecule has 0 spiro atoms. The van der Waals surface area contributed by atoms with E-state index in [4.69, 9.17) is 9.47 Å². The zero-order valence-electron chi connectivity index (χ0n) is 16.5. The van der Waals surface area contributed by atoms with Crippen LogP contribution in [0.1, 0.15) is 21.8 Å². The smallest absolute Gasteiger partial charge is 0.161 e. The second-order valence-electron chi connectivity index (χ2n) is 6.47. The van der Waals surface area contributed by atoms with E-state index in [1.54, 1.807) is 18.4 Å². The predicted molar refractivity (Wildman–Crippen MR) is 118 cm³/mol. The molecule has 0 unspecified atom stereocenters. The van der Waals surface area contributed by atoms with E-state index in [1.165, 1.54) is 16.0 Å². The van der Waals surface area contributed by atoms with Gasteiger partial charge in [-0.1, -0.05) is 23.8 Å². The summed E-state index contributed by atoms with van der Waals surface area (Å²) < 4.78 is 11.4. The van der Waals surface area contributed by atoms with Gasteiger partial charge in [0.25, 0.3) is 0 Å². The summed E-state index contributed by atoms with van der Waals surface area (Å²) in [5.41, 5.74) is 3.42. The second-order valence-corrected chi connectivity index (χ2v) is 8.70. The lowest BCUT2D eigenvalue weighted by atomic mass is 10.2. The third-order valence-corrected chi connectivity index (χ3v) is 6.00. The summed E-state index contributed by atoms with van der Waals surface area (Å²) in [5.74, 6) is 2.53. The number of thiazole rings is 1. The standard InChI is InChI=1S/C22H26N2O2S2/c1-16-4-7-20(8-5-16)27-11-10-23-13-18-6-9-21(22(12-18)25-3)26-14-19-15-28-17(2)24-19/h4-9,12,15,23H,10-11,13-14H2,1-3H3. The number of nitrogens with zero attached hydrogens (tertiary/aromatic N) is 1. The molecule has 0 saturated heterocycles. The first-order valence-corrected chi connectivity index (χ1v) is 11.1. The Morgan fingerprint density at radius 3 is 2.61 bits per heavy atom. The normalized spacial score (nSPS) is 10.8. The van der Waals surface area contributed by atoms with Gasteiger partial charge in [-0.15, -0.1) is 23.1 Å². The molecule has 3 rings (SSSR count). The lowest BCUT2D eigenvalue weighted by molar-refractivity contribution is 0.281. The molecular weight excluding hydrogens is 388 g/mol. The predicted octanol–water partition coefficient (Wildman–Crippen LogP) is 5.23. The van der Waals surface area contributed by atoms with Gasteiger partial charge in [-0.05, 0) is 43.7 Å². The Balaban J connectivity index is 1.44. The van der Waals surface area contributed by atoms with Gasteiger partial charge in [-0.2, -0.15) is 0 Å². The van der Waals surface area contributed by atoms with Crippen molar-refractivity contribution in [3.63, 3.8) is 0 Å². The molecule has 6 heteroatoms. The van der Waals surface area contributed by atoms with E-state index in [9.17, 15) is 0 Å². The van der Waals surface area contributed by atoms with Gasteiger partial charge in [0.05, 0.1) is 17.8 Å². The molecule has 1 heterocycles. The molecule has 4 nitrogen and oxygen atoms in total. The Morgan fingerprint density at radius 1 is 1.07 bits per heavy atom. The average Bonchev–Trinajstić information content (AvgIpc) is 3.13. The van der Waals surface area contributed by atoms with Crippen LogP contribution in [-0.4, -0.2) is 24.4 Å². The Morgan fingerprint density at radius 2 is 1.89 bits per heavy atom. The minimum atomic E-state index is 0.453. The molecule has 0 aliphatic rings. The maximum absolute atomic E-state index is 5.88. The number of benzene rings is 2. The molecule has 0 saturated carbocycles. The number of nitrogens with one attached hydrogen (secondary N) is 1. The maximum Gasteiger partial charge on any atom is 0.161 e. The number of hydrogen-bond donors (Lipinski definition) is 1. The first kappa shape index (κ1) is 20.7. The quantitative estimate of drug-likeness (QED) is 0.363. The van der Waals surface area contributed by atoms with Crippen molar-refractivity contribution in [1.29, 1.82) is 0 Å². The SMILES string of the molecule is COc1cc(CNCCSc2ccc(C)cc2)ccc1OCc1csc(C)n1. The number of ether oxygens (including phenoxy) is 2. The van der Waals surface area contributed by atoms with Crippen LogP contribution in [0.2, 0.25) is 0 Å². The fourth-order valence-electron chi connectivity index (χ4n) is 2.68. The van der Waals surface area contributed by atoms with Crippen LogP contribution in [0.3, 0.4) is 0 Å². The van der Waals surface area contributed by atoms with Crippen molar-refractivity contribution in [3.05, 3.63) is 69.7 Å². The van der Waals surface area contributed by atoms with Crippen molar-refractivity contribution in [2.75, 3.05) is 19.4 Å². The highest BCUT2D eigenvalue weighted by atomic mass is 32.2.